The summed E-state index contributed by atoms with van der Waals surface area (Å²) in [5.74, 6) is -0.192. The Hall–Kier alpha value is -0.930. The minimum Gasteiger partial charge on any atom is -0.392 e. The van der Waals surface area contributed by atoms with Crippen LogP contribution in [-0.4, -0.2) is 17.8 Å². The number of hydrogen-bond donors (Lipinski definition) is 2. The standard InChI is InChI=1S/C12H18FNO/c1-3-12(14-8-9(2)15)10-6-4-5-7-11(10)13/h4-7,9,12,14-15H,3,8H2,1-2H3. The molecular weight excluding hydrogens is 193 g/mol. The molecule has 0 aliphatic heterocycles. The van der Waals surface area contributed by atoms with E-state index in [0.29, 0.717) is 12.1 Å². The number of benzene rings is 1. The Morgan fingerprint density at radius 2 is 2.07 bits per heavy atom. The third-order valence-electron chi connectivity index (χ3n) is 2.35. The molecule has 1 aromatic carbocycles. The van der Waals surface area contributed by atoms with E-state index in [9.17, 15) is 4.39 Å². The third-order valence-corrected chi connectivity index (χ3v) is 2.35. The van der Waals surface area contributed by atoms with Crippen LogP contribution < -0.4 is 5.32 Å². The molecule has 3 heteroatoms. The maximum atomic E-state index is 13.4. The topological polar surface area (TPSA) is 32.3 Å². The van der Waals surface area contributed by atoms with Crippen molar-refractivity contribution in [1.82, 2.24) is 5.32 Å². The zero-order valence-electron chi connectivity index (χ0n) is 9.20. The van der Waals surface area contributed by atoms with E-state index < -0.39 is 6.10 Å². The first-order valence-corrected chi connectivity index (χ1v) is 5.31. The van der Waals surface area contributed by atoms with E-state index in [4.69, 9.17) is 5.11 Å². The fourth-order valence-corrected chi connectivity index (χ4v) is 1.54. The Balaban J connectivity index is 2.70. The van der Waals surface area contributed by atoms with Crippen LogP contribution in [0.3, 0.4) is 0 Å². The molecule has 0 aromatic heterocycles. The second-order valence-corrected chi connectivity index (χ2v) is 3.74. The molecule has 0 saturated carbocycles. The minimum absolute atomic E-state index is 0.0270. The summed E-state index contributed by atoms with van der Waals surface area (Å²) in [6, 6.07) is 6.71. The molecule has 0 spiro atoms. The summed E-state index contributed by atoms with van der Waals surface area (Å²) in [6.45, 7) is 4.18. The van der Waals surface area contributed by atoms with E-state index in [-0.39, 0.29) is 11.9 Å². The predicted molar refractivity (Wildman–Crippen MR) is 59.1 cm³/mol. The molecule has 0 saturated heterocycles. The molecule has 2 atom stereocenters. The number of nitrogens with one attached hydrogen (secondary N) is 1. The smallest absolute Gasteiger partial charge is 0.127 e. The van der Waals surface area contributed by atoms with Gasteiger partial charge in [0.15, 0.2) is 0 Å². The van der Waals surface area contributed by atoms with Crippen molar-refractivity contribution in [3.8, 4) is 0 Å². The van der Waals surface area contributed by atoms with Gasteiger partial charge in [-0.05, 0) is 19.4 Å². The van der Waals surface area contributed by atoms with Crippen molar-refractivity contribution < 1.29 is 9.50 Å². The van der Waals surface area contributed by atoms with Crippen LogP contribution in [-0.2, 0) is 0 Å². The first-order chi connectivity index (χ1) is 7.15. The molecule has 84 valence electrons. The lowest BCUT2D eigenvalue weighted by Gasteiger charge is -2.18. The van der Waals surface area contributed by atoms with Gasteiger partial charge in [0, 0.05) is 18.2 Å². The van der Waals surface area contributed by atoms with Gasteiger partial charge in [-0.15, -0.1) is 0 Å². The summed E-state index contributed by atoms with van der Waals surface area (Å²) in [4.78, 5) is 0. The average molecular weight is 211 g/mol. The molecule has 0 radical (unpaired) electrons. The molecule has 0 heterocycles. The van der Waals surface area contributed by atoms with Crippen molar-refractivity contribution in [2.24, 2.45) is 0 Å². The normalized spacial score (nSPS) is 14.9. The van der Waals surface area contributed by atoms with E-state index in [1.54, 1.807) is 19.1 Å². The van der Waals surface area contributed by atoms with Crippen LogP contribution >= 0.6 is 0 Å². The molecule has 0 aliphatic rings. The lowest BCUT2D eigenvalue weighted by atomic mass is 10.0. The molecule has 0 amide bonds. The van der Waals surface area contributed by atoms with Crippen molar-refractivity contribution in [3.63, 3.8) is 0 Å². The fraction of sp³-hybridized carbons (Fsp3) is 0.500. The van der Waals surface area contributed by atoms with Crippen molar-refractivity contribution in [2.45, 2.75) is 32.4 Å². The van der Waals surface area contributed by atoms with Crippen molar-refractivity contribution >= 4 is 0 Å². The van der Waals surface area contributed by atoms with Gasteiger partial charge in [0.1, 0.15) is 5.82 Å². The van der Waals surface area contributed by atoms with Crippen LogP contribution in [0.2, 0.25) is 0 Å². The Labute approximate surface area is 90.1 Å². The van der Waals surface area contributed by atoms with Crippen molar-refractivity contribution in [3.05, 3.63) is 35.6 Å². The van der Waals surface area contributed by atoms with E-state index in [1.165, 1.54) is 6.07 Å². The Morgan fingerprint density at radius 1 is 1.40 bits per heavy atom. The zero-order valence-corrected chi connectivity index (χ0v) is 9.20. The summed E-state index contributed by atoms with van der Waals surface area (Å²) < 4.78 is 13.4. The van der Waals surface area contributed by atoms with Gasteiger partial charge in [0.25, 0.3) is 0 Å². The quantitative estimate of drug-likeness (QED) is 0.783. The van der Waals surface area contributed by atoms with Crippen LogP contribution in [0.1, 0.15) is 31.9 Å². The number of aliphatic hydroxyl groups excluding tert-OH is 1. The lowest BCUT2D eigenvalue weighted by Crippen LogP contribution is -2.28. The highest BCUT2D eigenvalue weighted by Gasteiger charge is 2.12. The summed E-state index contributed by atoms with van der Waals surface area (Å²) >= 11 is 0. The summed E-state index contributed by atoms with van der Waals surface area (Å²) in [5.41, 5.74) is 0.667. The molecule has 15 heavy (non-hydrogen) atoms. The Bertz CT molecular complexity index is 301. The number of rotatable bonds is 5. The van der Waals surface area contributed by atoms with Crippen LogP contribution in [0.5, 0.6) is 0 Å². The second-order valence-electron chi connectivity index (χ2n) is 3.74. The average Bonchev–Trinajstić information content (AvgIpc) is 2.21. The highest BCUT2D eigenvalue weighted by molar-refractivity contribution is 5.21. The molecule has 2 unspecified atom stereocenters. The third kappa shape index (κ3) is 3.61. The Kier molecular flexibility index (Phi) is 4.72. The first kappa shape index (κ1) is 12.1. The fourth-order valence-electron chi connectivity index (χ4n) is 1.54. The molecule has 2 N–H and O–H groups in total. The highest BCUT2D eigenvalue weighted by Crippen LogP contribution is 2.19. The van der Waals surface area contributed by atoms with Gasteiger partial charge in [-0.2, -0.15) is 0 Å². The van der Waals surface area contributed by atoms with Crippen LogP contribution in [0.15, 0.2) is 24.3 Å². The van der Waals surface area contributed by atoms with Gasteiger partial charge in [0.05, 0.1) is 6.10 Å². The molecule has 1 aromatic rings. The first-order valence-electron chi connectivity index (χ1n) is 5.31. The van der Waals surface area contributed by atoms with Crippen LogP contribution in [0, 0.1) is 5.82 Å². The SMILES string of the molecule is CCC(NCC(C)O)c1ccccc1F. The van der Waals surface area contributed by atoms with Gasteiger partial charge in [-0.1, -0.05) is 25.1 Å². The molecule has 0 aliphatic carbocycles. The monoisotopic (exact) mass is 211 g/mol. The number of hydrogen-bond acceptors (Lipinski definition) is 2. The maximum Gasteiger partial charge on any atom is 0.127 e. The zero-order chi connectivity index (χ0) is 11.3. The van der Waals surface area contributed by atoms with Crippen LogP contribution in [0.4, 0.5) is 4.39 Å². The highest BCUT2D eigenvalue weighted by atomic mass is 19.1. The molecule has 0 bridgehead atoms. The number of halogens is 1. The lowest BCUT2D eigenvalue weighted by molar-refractivity contribution is 0.185. The van der Waals surface area contributed by atoms with Gasteiger partial charge in [-0.3, -0.25) is 0 Å². The second kappa shape index (κ2) is 5.83. The summed E-state index contributed by atoms with van der Waals surface area (Å²) in [6.07, 6.45) is 0.388. The molecule has 2 nitrogen and oxygen atoms in total. The van der Waals surface area contributed by atoms with E-state index >= 15 is 0 Å². The van der Waals surface area contributed by atoms with Gasteiger partial charge in [-0.25, -0.2) is 4.39 Å². The minimum atomic E-state index is -0.411. The maximum absolute atomic E-state index is 13.4. The van der Waals surface area contributed by atoms with Crippen LogP contribution in [0.25, 0.3) is 0 Å². The molecule has 1 rings (SSSR count). The largest absolute Gasteiger partial charge is 0.392 e. The van der Waals surface area contributed by atoms with Gasteiger partial charge in [0.2, 0.25) is 0 Å². The predicted octanol–water partition coefficient (Wildman–Crippen LogP) is 2.25. The molecular formula is C12H18FNO. The van der Waals surface area contributed by atoms with E-state index in [0.717, 1.165) is 6.42 Å². The number of aliphatic hydroxyl groups is 1. The van der Waals surface area contributed by atoms with E-state index in [2.05, 4.69) is 5.32 Å². The van der Waals surface area contributed by atoms with Gasteiger partial charge >= 0.3 is 0 Å². The van der Waals surface area contributed by atoms with Crippen molar-refractivity contribution in [2.75, 3.05) is 6.54 Å². The van der Waals surface area contributed by atoms with Crippen molar-refractivity contribution in [1.29, 1.82) is 0 Å². The molecule has 0 fully saturated rings. The van der Waals surface area contributed by atoms with Gasteiger partial charge < -0.3 is 10.4 Å². The summed E-state index contributed by atoms with van der Waals surface area (Å²) in [5, 5.41) is 12.3. The summed E-state index contributed by atoms with van der Waals surface area (Å²) in [7, 11) is 0. The van der Waals surface area contributed by atoms with E-state index in [1.807, 2.05) is 13.0 Å². The Morgan fingerprint density at radius 3 is 2.60 bits per heavy atom.